The third-order valence-corrected chi connectivity index (χ3v) is 3.70. The number of sulfonamides is 1. The topological polar surface area (TPSA) is 98.0 Å². The van der Waals surface area contributed by atoms with Crippen molar-refractivity contribution in [2.24, 2.45) is 0 Å². The highest BCUT2D eigenvalue weighted by Crippen LogP contribution is 2.18. The summed E-state index contributed by atoms with van der Waals surface area (Å²) in [5, 5.41) is 0. The predicted octanol–water partition coefficient (Wildman–Crippen LogP) is 1.31. The van der Waals surface area contributed by atoms with E-state index in [0.29, 0.717) is 5.56 Å². The first-order valence-corrected chi connectivity index (χ1v) is 6.73. The minimum atomic E-state index is -3.81. The molecule has 0 fully saturated rings. The van der Waals surface area contributed by atoms with Crippen LogP contribution in [0, 0.1) is 12.7 Å². The van der Waals surface area contributed by atoms with Crippen molar-refractivity contribution in [1.82, 2.24) is 9.97 Å². The van der Waals surface area contributed by atoms with Crippen molar-refractivity contribution in [2.75, 3.05) is 10.5 Å². The summed E-state index contributed by atoms with van der Waals surface area (Å²) < 4.78 is 39.4. The average molecular weight is 282 g/mol. The van der Waals surface area contributed by atoms with Gasteiger partial charge in [-0.05, 0) is 30.7 Å². The van der Waals surface area contributed by atoms with Crippen LogP contribution in [0.1, 0.15) is 5.56 Å². The molecule has 0 aliphatic carbocycles. The maximum atomic E-state index is 13.1. The van der Waals surface area contributed by atoms with Gasteiger partial charge in [0.2, 0.25) is 5.95 Å². The smallest absolute Gasteiger partial charge is 0.264 e. The first kappa shape index (κ1) is 13.2. The fraction of sp³-hybridized carbons (Fsp3) is 0.0909. The number of benzene rings is 1. The highest BCUT2D eigenvalue weighted by atomic mass is 32.2. The van der Waals surface area contributed by atoms with E-state index in [1.54, 1.807) is 6.92 Å². The van der Waals surface area contributed by atoms with Crippen LogP contribution in [0.25, 0.3) is 0 Å². The van der Waals surface area contributed by atoms with E-state index in [4.69, 9.17) is 5.73 Å². The predicted molar refractivity (Wildman–Crippen MR) is 68.4 cm³/mol. The minimum Gasteiger partial charge on any atom is -0.368 e. The summed E-state index contributed by atoms with van der Waals surface area (Å²) >= 11 is 0. The Bertz CT molecular complexity index is 701. The molecule has 6 nitrogen and oxygen atoms in total. The Balaban J connectivity index is 2.30. The molecule has 2 rings (SSSR count). The van der Waals surface area contributed by atoms with Gasteiger partial charge in [0.25, 0.3) is 10.0 Å². The van der Waals surface area contributed by atoms with Crippen molar-refractivity contribution in [2.45, 2.75) is 11.8 Å². The number of nitrogens with one attached hydrogen (secondary N) is 1. The van der Waals surface area contributed by atoms with Gasteiger partial charge in [-0.2, -0.15) is 0 Å². The third kappa shape index (κ3) is 2.97. The third-order valence-electron chi connectivity index (χ3n) is 2.37. The van der Waals surface area contributed by atoms with E-state index in [2.05, 4.69) is 14.7 Å². The van der Waals surface area contributed by atoms with Crippen molar-refractivity contribution in [3.8, 4) is 0 Å². The number of hydrogen-bond donors (Lipinski definition) is 2. The molecule has 0 bridgehead atoms. The van der Waals surface area contributed by atoms with Gasteiger partial charge in [-0.15, -0.1) is 0 Å². The van der Waals surface area contributed by atoms with E-state index in [-0.39, 0.29) is 16.5 Å². The van der Waals surface area contributed by atoms with Crippen LogP contribution in [0.5, 0.6) is 0 Å². The molecule has 1 aromatic carbocycles. The molecule has 0 amide bonds. The van der Waals surface area contributed by atoms with E-state index in [9.17, 15) is 12.8 Å². The number of aryl methyl sites for hydroxylation is 1. The van der Waals surface area contributed by atoms with Crippen molar-refractivity contribution in [1.29, 1.82) is 0 Å². The summed E-state index contributed by atoms with van der Waals surface area (Å²) in [4.78, 5) is 7.09. The summed E-state index contributed by atoms with van der Waals surface area (Å²) in [5.74, 6) is -0.421. The van der Waals surface area contributed by atoms with Crippen LogP contribution >= 0.6 is 0 Å². The molecule has 0 saturated carbocycles. The normalized spacial score (nSPS) is 11.3. The van der Waals surface area contributed by atoms with Gasteiger partial charge in [-0.25, -0.2) is 22.8 Å². The number of nitrogen functional groups attached to an aromatic ring is 1. The van der Waals surface area contributed by atoms with Crippen LogP contribution in [-0.2, 0) is 10.0 Å². The molecule has 100 valence electrons. The Morgan fingerprint density at radius 1 is 1.26 bits per heavy atom. The lowest BCUT2D eigenvalue weighted by atomic mass is 10.2. The summed E-state index contributed by atoms with van der Waals surface area (Å²) in [6.45, 7) is 1.54. The number of nitrogens with zero attached hydrogens (tertiary/aromatic N) is 2. The Kier molecular flexibility index (Phi) is 3.34. The van der Waals surface area contributed by atoms with Gasteiger partial charge in [0.05, 0.1) is 12.4 Å². The maximum Gasteiger partial charge on any atom is 0.264 e. The fourth-order valence-corrected chi connectivity index (χ4v) is 2.33. The first-order chi connectivity index (χ1) is 8.88. The van der Waals surface area contributed by atoms with Crippen LogP contribution in [-0.4, -0.2) is 18.4 Å². The lowest BCUT2D eigenvalue weighted by Gasteiger charge is -2.08. The van der Waals surface area contributed by atoms with Gasteiger partial charge in [0, 0.05) is 5.69 Å². The van der Waals surface area contributed by atoms with Gasteiger partial charge in [-0.1, -0.05) is 0 Å². The maximum absolute atomic E-state index is 13.1. The number of halogens is 1. The van der Waals surface area contributed by atoms with E-state index in [0.717, 1.165) is 12.4 Å². The number of hydrogen-bond acceptors (Lipinski definition) is 5. The molecule has 1 aromatic heterocycles. The van der Waals surface area contributed by atoms with E-state index in [1.165, 1.54) is 18.2 Å². The molecule has 0 saturated heterocycles. The SMILES string of the molecule is Cc1cc(NS(=O)(=O)c2cnc(N)nc2)ccc1F. The highest BCUT2D eigenvalue weighted by molar-refractivity contribution is 7.92. The van der Waals surface area contributed by atoms with Crippen LogP contribution in [0.4, 0.5) is 16.0 Å². The lowest BCUT2D eigenvalue weighted by molar-refractivity contribution is 0.600. The van der Waals surface area contributed by atoms with Crippen LogP contribution in [0.3, 0.4) is 0 Å². The summed E-state index contributed by atoms with van der Waals surface area (Å²) in [5.41, 5.74) is 5.88. The largest absolute Gasteiger partial charge is 0.368 e. The fourth-order valence-electron chi connectivity index (χ4n) is 1.39. The van der Waals surface area contributed by atoms with Crippen LogP contribution < -0.4 is 10.5 Å². The molecule has 3 N–H and O–H groups in total. The van der Waals surface area contributed by atoms with Crippen molar-refractivity contribution < 1.29 is 12.8 Å². The highest BCUT2D eigenvalue weighted by Gasteiger charge is 2.15. The van der Waals surface area contributed by atoms with Crippen molar-refractivity contribution in [3.63, 3.8) is 0 Å². The summed E-state index contributed by atoms with van der Waals surface area (Å²) in [6, 6.07) is 3.91. The monoisotopic (exact) mass is 282 g/mol. The molecule has 8 heteroatoms. The molecular formula is C11H11FN4O2S. The van der Waals surface area contributed by atoms with Crippen LogP contribution in [0.2, 0.25) is 0 Å². The second-order valence-corrected chi connectivity index (χ2v) is 5.53. The van der Waals surface area contributed by atoms with Crippen LogP contribution in [0.15, 0.2) is 35.5 Å². The zero-order chi connectivity index (χ0) is 14.0. The molecule has 0 spiro atoms. The molecular weight excluding hydrogens is 271 g/mol. The van der Waals surface area contributed by atoms with Gasteiger partial charge in [-0.3, -0.25) is 4.72 Å². The molecule has 1 heterocycles. The number of aromatic nitrogens is 2. The van der Waals surface area contributed by atoms with E-state index < -0.39 is 15.8 Å². The minimum absolute atomic E-state index is 0.0171. The molecule has 2 aromatic rings. The molecule has 19 heavy (non-hydrogen) atoms. The van der Waals surface area contributed by atoms with E-state index >= 15 is 0 Å². The summed E-state index contributed by atoms with van der Waals surface area (Å²) in [6.07, 6.45) is 2.20. The van der Waals surface area contributed by atoms with E-state index in [1.807, 2.05) is 0 Å². The molecule has 0 atom stereocenters. The summed E-state index contributed by atoms with van der Waals surface area (Å²) in [7, 11) is -3.81. The average Bonchev–Trinajstić information content (AvgIpc) is 2.34. The van der Waals surface area contributed by atoms with Crippen molar-refractivity contribution >= 4 is 21.7 Å². The van der Waals surface area contributed by atoms with Crippen molar-refractivity contribution in [3.05, 3.63) is 42.0 Å². The quantitative estimate of drug-likeness (QED) is 0.884. The Hall–Kier alpha value is -2.22. The lowest BCUT2D eigenvalue weighted by Crippen LogP contribution is -2.14. The Morgan fingerprint density at radius 3 is 2.47 bits per heavy atom. The number of rotatable bonds is 3. The Labute approximate surface area is 109 Å². The van der Waals surface area contributed by atoms with Gasteiger partial charge < -0.3 is 5.73 Å². The molecule has 0 aliphatic rings. The van der Waals surface area contributed by atoms with Gasteiger partial charge in [0.1, 0.15) is 10.7 Å². The molecule has 0 radical (unpaired) electrons. The second kappa shape index (κ2) is 4.81. The number of nitrogens with two attached hydrogens (primary N) is 1. The molecule has 0 unspecified atom stereocenters. The van der Waals surface area contributed by atoms with Gasteiger partial charge in [0.15, 0.2) is 0 Å². The second-order valence-electron chi connectivity index (χ2n) is 3.85. The molecule has 0 aliphatic heterocycles. The van der Waals surface area contributed by atoms with Gasteiger partial charge >= 0.3 is 0 Å². The first-order valence-electron chi connectivity index (χ1n) is 5.25. The Morgan fingerprint density at radius 2 is 1.89 bits per heavy atom. The zero-order valence-electron chi connectivity index (χ0n) is 9.96. The standard InChI is InChI=1S/C11H11FN4O2S/c1-7-4-8(2-3-10(7)12)16-19(17,18)9-5-14-11(13)15-6-9/h2-6,16H,1H3,(H2,13,14,15). The number of anilines is 2. The zero-order valence-corrected chi connectivity index (χ0v) is 10.8.